The van der Waals surface area contributed by atoms with Gasteiger partial charge in [0.05, 0.1) is 6.10 Å². The lowest BCUT2D eigenvalue weighted by molar-refractivity contribution is -0.152. The second-order valence-corrected chi connectivity index (χ2v) is 3.45. The van der Waals surface area contributed by atoms with Gasteiger partial charge in [-0.2, -0.15) is 0 Å². The summed E-state index contributed by atoms with van der Waals surface area (Å²) >= 11 is 0. The highest BCUT2D eigenvalue weighted by molar-refractivity contribution is 5.66. The zero-order chi connectivity index (χ0) is 11.7. The van der Waals surface area contributed by atoms with Gasteiger partial charge in [0.1, 0.15) is 6.10 Å². The molecule has 3 nitrogen and oxygen atoms in total. The smallest absolute Gasteiger partial charge is 0.302 e. The van der Waals surface area contributed by atoms with Gasteiger partial charge >= 0.3 is 5.97 Å². The zero-order valence-corrected chi connectivity index (χ0v) is 9.32. The molecule has 0 saturated heterocycles. The summed E-state index contributed by atoms with van der Waals surface area (Å²) in [6.45, 7) is 8.52. The number of ether oxygens (including phenoxy) is 1. The highest BCUT2D eigenvalue weighted by atomic mass is 16.6. The van der Waals surface area contributed by atoms with Crippen molar-refractivity contribution in [2.45, 2.75) is 44.8 Å². The van der Waals surface area contributed by atoms with Gasteiger partial charge in [-0.1, -0.05) is 12.2 Å². The molecule has 0 aliphatic heterocycles. The van der Waals surface area contributed by atoms with Crippen LogP contribution in [0, 0.1) is 0 Å². The quantitative estimate of drug-likeness (QED) is 0.495. The van der Waals surface area contributed by atoms with Crippen molar-refractivity contribution in [1.82, 2.24) is 0 Å². The first kappa shape index (κ1) is 13.9. The standard InChI is InChI=1S/C12H20O3/c1-4-6-8-11(14)12(9-7-5-2)15-10(3)13/h4-5,11-12,14H,1-2,6-9H2,3H3/t11-,12-/m1/s1. The van der Waals surface area contributed by atoms with Crippen molar-refractivity contribution in [2.75, 3.05) is 0 Å². The topological polar surface area (TPSA) is 46.5 Å². The molecule has 3 heteroatoms. The summed E-state index contributed by atoms with van der Waals surface area (Å²) in [6.07, 6.45) is 5.06. The third kappa shape index (κ3) is 6.91. The molecule has 15 heavy (non-hydrogen) atoms. The van der Waals surface area contributed by atoms with Crippen molar-refractivity contribution in [3.05, 3.63) is 25.3 Å². The van der Waals surface area contributed by atoms with Crippen LogP contribution in [0.25, 0.3) is 0 Å². The van der Waals surface area contributed by atoms with Crippen LogP contribution in [0.2, 0.25) is 0 Å². The molecule has 0 aromatic carbocycles. The van der Waals surface area contributed by atoms with Crippen molar-refractivity contribution >= 4 is 5.97 Å². The molecule has 0 aromatic rings. The van der Waals surface area contributed by atoms with Crippen LogP contribution in [0.1, 0.15) is 32.6 Å². The predicted molar refractivity (Wildman–Crippen MR) is 60.4 cm³/mol. The second kappa shape index (κ2) is 8.24. The molecule has 0 spiro atoms. The van der Waals surface area contributed by atoms with Crippen LogP contribution >= 0.6 is 0 Å². The van der Waals surface area contributed by atoms with E-state index in [0.29, 0.717) is 19.3 Å². The minimum atomic E-state index is -0.619. The Labute approximate surface area is 91.4 Å². The molecule has 0 bridgehead atoms. The van der Waals surface area contributed by atoms with E-state index in [1.807, 2.05) is 0 Å². The minimum Gasteiger partial charge on any atom is -0.460 e. The average molecular weight is 212 g/mol. The molecule has 0 aliphatic carbocycles. The van der Waals surface area contributed by atoms with E-state index in [4.69, 9.17) is 4.74 Å². The molecule has 2 atom stereocenters. The summed E-state index contributed by atoms with van der Waals surface area (Å²) in [6, 6.07) is 0. The number of hydrogen-bond acceptors (Lipinski definition) is 3. The predicted octanol–water partition coefficient (Wildman–Crippen LogP) is 2.21. The number of allylic oxidation sites excluding steroid dienone is 2. The van der Waals surface area contributed by atoms with E-state index in [2.05, 4.69) is 13.2 Å². The Hall–Kier alpha value is -1.09. The monoisotopic (exact) mass is 212 g/mol. The Balaban J connectivity index is 4.11. The number of rotatable bonds is 8. The summed E-state index contributed by atoms with van der Waals surface area (Å²) in [5, 5.41) is 9.76. The lowest BCUT2D eigenvalue weighted by atomic mass is 10.0. The highest BCUT2D eigenvalue weighted by Crippen LogP contribution is 2.13. The van der Waals surface area contributed by atoms with Crippen molar-refractivity contribution in [1.29, 1.82) is 0 Å². The molecular formula is C12H20O3. The van der Waals surface area contributed by atoms with Crippen molar-refractivity contribution in [2.24, 2.45) is 0 Å². The molecule has 0 unspecified atom stereocenters. The minimum absolute atomic E-state index is 0.360. The van der Waals surface area contributed by atoms with E-state index in [-0.39, 0.29) is 5.97 Å². The maximum Gasteiger partial charge on any atom is 0.302 e. The average Bonchev–Trinajstić information content (AvgIpc) is 2.20. The van der Waals surface area contributed by atoms with Crippen LogP contribution in [0.5, 0.6) is 0 Å². The van der Waals surface area contributed by atoms with Gasteiger partial charge in [-0.15, -0.1) is 13.2 Å². The molecule has 1 N–H and O–H groups in total. The van der Waals surface area contributed by atoms with Crippen molar-refractivity contribution < 1.29 is 14.6 Å². The SMILES string of the molecule is C=CCC[C@@H](O)[C@@H](CCC=C)OC(C)=O. The van der Waals surface area contributed by atoms with Crippen LogP contribution in [0.3, 0.4) is 0 Å². The second-order valence-electron chi connectivity index (χ2n) is 3.45. The number of aliphatic hydroxyl groups is 1. The fourth-order valence-electron chi connectivity index (χ4n) is 1.30. The fourth-order valence-corrected chi connectivity index (χ4v) is 1.30. The van der Waals surface area contributed by atoms with Crippen molar-refractivity contribution in [3.8, 4) is 0 Å². The highest BCUT2D eigenvalue weighted by Gasteiger charge is 2.20. The van der Waals surface area contributed by atoms with Gasteiger partial charge in [-0.25, -0.2) is 0 Å². The molecule has 0 heterocycles. The molecule has 86 valence electrons. The molecule has 0 aliphatic rings. The van der Waals surface area contributed by atoms with Crippen LogP contribution in [0.15, 0.2) is 25.3 Å². The summed E-state index contributed by atoms with van der Waals surface area (Å²) < 4.78 is 5.04. The molecule has 0 amide bonds. The fraction of sp³-hybridized carbons (Fsp3) is 0.583. The van der Waals surface area contributed by atoms with Gasteiger partial charge in [-0.05, 0) is 25.7 Å². The largest absolute Gasteiger partial charge is 0.460 e. The van der Waals surface area contributed by atoms with E-state index in [9.17, 15) is 9.90 Å². The first-order chi connectivity index (χ1) is 7.11. The van der Waals surface area contributed by atoms with Gasteiger partial charge in [0.25, 0.3) is 0 Å². The Morgan fingerprint density at radius 3 is 2.33 bits per heavy atom. The molecule has 0 radical (unpaired) electrons. The van der Waals surface area contributed by atoms with Crippen LogP contribution < -0.4 is 0 Å². The van der Waals surface area contributed by atoms with Gasteiger partial charge in [0.15, 0.2) is 0 Å². The van der Waals surface area contributed by atoms with Gasteiger partial charge in [0, 0.05) is 6.92 Å². The maximum absolute atomic E-state index is 10.8. The number of carbonyl (C=O) groups excluding carboxylic acids is 1. The number of aliphatic hydroxyl groups excluding tert-OH is 1. The van der Waals surface area contributed by atoms with E-state index < -0.39 is 12.2 Å². The summed E-state index contributed by atoms with van der Waals surface area (Å²) in [5.41, 5.74) is 0. The van der Waals surface area contributed by atoms with Gasteiger partial charge < -0.3 is 9.84 Å². The maximum atomic E-state index is 10.8. The van der Waals surface area contributed by atoms with E-state index in [0.717, 1.165) is 6.42 Å². The Bertz CT molecular complexity index is 211. The number of carbonyl (C=O) groups is 1. The summed E-state index contributed by atoms with van der Waals surface area (Å²) in [5.74, 6) is -0.360. The Kier molecular flexibility index (Phi) is 7.64. The summed E-state index contributed by atoms with van der Waals surface area (Å²) in [7, 11) is 0. The Morgan fingerprint density at radius 1 is 1.33 bits per heavy atom. The van der Waals surface area contributed by atoms with Gasteiger partial charge in [-0.3, -0.25) is 4.79 Å². The molecule has 0 fully saturated rings. The Morgan fingerprint density at radius 2 is 1.87 bits per heavy atom. The molecule has 0 saturated carbocycles. The van der Waals surface area contributed by atoms with E-state index >= 15 is 0 Å². The molecule has 0 aromatic heterocycles. The summed E-state index contributed by atoms with van der Waals surface area (Å²) in [4.78, 5) is 10.8. The van der Waals surface area contributed by atoms with Crippen LogP contribution in [0.4, 0.5) is 0 Å². The van der Waals surface area contributed by atoms with Crippen LogP contribution in [-0.4, -0.2) is 23.3 Å². The lowest BCUT2D eigenvalue weighted by Crippen LogP contribution is -2.30. The zero-order valence-electron chi connectivity index (χ0n) is 9.32. The number of hydrogen-bond donors (Lipinski definition) is 1. The first-order valence-electron chi connectivity index (χ1n) is 5.18. The third-order valence-electron chi connectivity index (χ3n) is 2.07. The normalized spacial score (nSPS) is 14.0. The number of esters is 1. The first-order valence-corrected chi connectivity index (χ1v) is 5.18. The van der Waals surface area contributed by atoms with Crippen molar-refractivity contribution in [3.63, 3.8) is 0 Å². The van der Waals surface area contributed by atoms with E-state index in [1.54, 1.807) is 12.2 Å². The molecular weight excluding hydrogens is 192 g/mol. The van der Waals surface area contributed by atoms with Gasteiger partial charge in [0.2, 0.25) is 0 Å². The molecule has 0 rings (SSSR count). The lowest BCUT2D eigenvalue weighted by Gasteiger charge is -2.21. The van der Waals surface area contributed by atoms with E-state index in [1.165, 1.54) is 6.92 Å². The van der Waals surface area contributed by atoms with Crippen LogP contribution in [-0.2, 0) is 9.53 Å². The third-order valence-corrected chi connectivity index (χ3v) is 2.07.